The number of nitrogens with zero attached hydrogens (tertiary/aromatic N) is 1. The molecule has 0 bridgehead atoms. The Morgan fingerprint density at radius 2 is 2.29 bits per heavy atom. The minimum Gasteiger partial charge on any atom is -0.381 e. The molecule has 0 saturated carbocycles. The molecule has 0 amide bonds. The lowest BCUT2D eigenvalue weighted by molar-refractivity contribution is 0.149. The van der Waals surface area contributed by atoms with Gasteiger partial charge in [-0.2, -0.15) is 0 Å². The number of hydrogen-bond donors (Lipinski definition) is 2. The summed E-state index contributed by atoms with van der Waals surface area (Å²) in [5, 5.41) is 3.23. The Kier molecular flexibility index (Phi) is 6.50. The maximum atomic E-state index is 11.4. The van der Waals surface area contributed by atoms with Gasteiger partial charge in [0.25, 0.3) is 5.56 Å². The first kappa shape index (κ1) is 13.9. The molecular weight excluding hydrogens is 218 g/mol. The first-order valence-electron chi connectivity index (χ1n) is 6.13. The van der Waals surface area contributed by atoms with Gasteiger partial charge in [-0.1, -0.05) is 6.92 Å². The first-order valence-corrected chi connectivity index (χ1v) is 6.13. The summed E-state index contributed by atoms with van der Waals surface area (Å²) in [6, 6.07) is 1.53. The number of aromatic amines is 1. The second kappa shape index (κ2) is 7.97. The van der Waals surface area contributed by atoms with Crippen LogP contribution in [0, 0.1) is 0 Å². The van der Waals surface area contributed by atoms with Crippen LogP contribution in [-0.4, -0.2) is 29.7 Å². The van der Waals surface area contributed by atoms with Crippen LogP contribution in [0.4, 0.5) is 0 Å². The number of aromatic nitrogens is 2. The predicted octanol–water partition coefficient (Wildman–Crippen LogP) is 0.848. The molecule has 1 aromatic rings. The van der Waals surface area contributed by atoms with E-state index in [2.05, 4.69) is 22.2 Å². The van der Waals surface area contributed by atoms with E-state index < -0.39 is 0 Å². The molecule has 0 radical (unpaired) electrons. The van der Waals surface area contributed by atoms with E-state index in [1.807, 2.05) is 6.92 Å². The van der Waals surface area contributed by atoms with E-state index in [9.17, 15) is 4.79 Å². The highest BCUT2D eigenvalue weighted by Crippen LogP contribution is 1.94. The average molecular weight is 239 g/mol. The highest BCUT2D eigenvalue weighted by atomic mass is 16.5. The van der Waals surface area contributed by atoms with Gasteiger partial charge in [0.15, 0.2) is 0 Å². The maximum Gasteiger partial charge on any atom is 0.251 e. The summed E-state index contributed by atoms with van der Waals surface area (Å²) >= 11 is 0. The second-order valence-electron chi connectivity index (χ2n) is 3.81. The lowest BCUT2D eigenvalue weighted by Gasteiger charge is -2.05. The van der Waals surface area contributed by atoms with Gasteiger partial charge in [0.1, 0.15) is 5.82 Å². The van der Waals surface area contributed by atoms with Gasteiger partial charge in [0.05, 0.1) is 12.3 Å². The molecule has 0 spiro atoms. The molecule has 0 unspecified atom stereocenters. The van der Waals surface area contributed by atoms with Crippen LogP contribution in [0.1, 0.15) is 31.8 Å². The zero-order chi connectivity index (χ0) is 12.5. The molecule has 0 fully saturated rings. The molecule has 2 N–H and O–H groups in total. The molecule has 96 valence electrons. The lowest BCUT2D eigenvalue weighted by Crippen LogP contribution is -2.20. The quantitative estimate of drug-likeness (QED) is 0.660. The number of ether oxygens (including phenoxy) is 1. The van der Waals surface area contributed by atoms with Crippen molar-refractivity contribution in [2.75, 3.05) is 19.8 Å². The van der Waals surface area contributed by atoms with Crippen molar-refractivity contribution < 1.29 is 4.74 Å². The Hall–Kier alpha value is -1.20. The van der Waals surface area contributed by atoms with Gasteiger partial charge < -0.3 is 15.0 Å². The molecule has 0 aromatic carbocycles. The first-order chi connectivity index (χ1) is 8.26. The normalized spacial score (nSPS) is 10.7. The Balaban J connectivity index is 2.56. The van der Waals surface area contributed by atoms with Gasteiger partial charge in [-0.15, -0.1) is 0 Å². The Bertz CT molecular complexity index is 345. The minimum absolute atomic E-state index is 0.0974. The number of nitrogens with one attached hydrogen (secondary N) is 2. The maximum absolute atomic E-state index is 11.4. The lowest BCUT2D eigenvalue weighted by atomic mass is 10.3. The van der Waals surface area contributed by atoms with E-state index in [1.165, 1.54) is 6.07 Å². The van der Waals surface area contributed by atoms with Crippen molar-refractivity contribution in [1.82, 2.24) is 15.3 Å². The van der Waals surface area contributed by atoms with Crippen LogP contribution in [0.3, 0.4) is 0 Å². The van der Waals surface area contributed by atoms with Crippen molar-refractivity contribution in [3.05, 3.63) is 27.9 Å². The van der Waals surface area contributed by atoms with Crippen LogP contribution in [0.25, 0.3) is 0 Å². The third-order valence-corrected chi connectivity index (χ3v) is 2.26. The predicted molar refractivity (Wildman–Crippen MR) is 67.1 cm³/mol. The molecule has 0 aliphatic heterocycles. The van der Waals surface area contributed by atoms with Gasteiger partial charge >= 0.3 is 0 Å². The van der Waals surface area contributed by atoms with Gasteiger partial charge in [-0.25, -0.2) is 4.98 Å². The molecule has 17 heavy (non-hydrogen) atoms. The van der Waals surface area contributed by atoms with E-state index in [4.69, 9.17) is 4.74 Å². The summed E-state index contributed by atoms with van der Waals surface area (Å²) in [6.45, 7) is 6.89. The summed E-state index contributed by atoms with van der Waals surface area (Å²) in [6.07, 6.45) is 1.71. The van der Waals surface area contributed by atoms with Crippen molar-refractivity contribution in [3.63, 3.8) is 0 Å². The highest BCUT2D eigenvalue weighted by molar-refractivity contribution is 5.02. The smallest absolute Gasteiger partial charge is 0.251 e. The number of H-pyrrole nitrogens is 1. The standard InChI is InChI=1S/C12H21N3O2/c1-3-6-13-9-10-8-12(16)15-11(14-10)5-7-17-4-2/h8,13H,3-7,9H2,1-2H3,(H,14,15,16). The second-order valence-corrected chi connectivity index (χ2v) is 3.81. The molecule has 1 heterocycles. The van der Waals surface area contributed by atoms with Gasteiger partial charge in [0.2, 0.25) is 0 Å². The van der Waals surface area contributed by atoms with Crippen molar-refractivity contribution >= 4 is 0 Å². The third-order valence-electron chi connectivity index (χ3n) is 2.26. The van der Waals surface area contributed by atoms with Crippen LogP contribution >= 0.6 is 0 Å². The van der Waals surface area contributed by atoms with Crippen LogP contribution in [0.5, 0.6) is 0 Å². The van der Waals surface area contributed by atoms with Crippen LogP contribution in [0.2, 0.25) is 0 Å². The Labute approximate surface area is 102 Å². The molecule has 0 saturated heterocycles. The summed E-state index contributed by atoms with van der Waals surface area (Å²) in [5.41, 5.74) is 0.688. The van der Waals surface area contributed by atoms with E-state index in [0.29, 0.717) is 32.0 Å². The molecule has 5 nitrogen and oxygen atoms in total. The van der Waals surface area contributed by atoms with Gasteiger partial charge in [0, 0.05) is 25.6 Å². The Morgan fingerprint density at radius 1 is 1.47 bits per heavy atom. The largest absolute Gasteiger partial charge is 0.381 e. The summed E-state index contributed by atoms with van der Waals surface area (Å²) in [7, 11) is 0. The fourth-order valence-electron chi connectivity index (χ4n) is 1.48. The molecule has 1 aromatic heterocycles. The number of hydrogen-bond acceptors (Lipinski definition) is 4. The Morgan fingerprint density at radius 3 is 3.00 bits per heavy atom. The van der Waals surface area contributed by atoms with Gasteiger partial charge in [-0.3, -0.25) is 4.79 Å². The molecular formula is C12H21N3O2. The highest BCUT2D eigenvalue weighted by Gasteiger charge is 2.01. The minimum atomic E-state index is -0.0974. The van der Waals surface area contributed by atoms with Crippen molar-refractivity contribution in [1.29, 1.82) is 0 Å². The fraction of sp³-hybridized carbons (Fsp3) is 0.667. The van der Waals surface area contributed by atoms with Gasteiger partial charge in [-0.05, 0) is 19.9 Å². The zero-order valence-electron chi connectivity index (χ0n) is 10.6. The van der Waals surface area contributed by atoms with E-state index in [1.54, 1.807) is 0 Å². The monoisotopic (exact) mass is 239 g/mol. The average Bonchev–Trinajstić information content (AvgIpc) is 2.29. The summed E-state index contributed by atoms with van der Waals surface area (Å²) in [4.78, 5) is 18.5. The summed E-state index contributed by atoms with van der Waals surface area (Å²) in [5.74, 6) is 0.694. The van der Waals surface area contributed by atoms with E-state index in [0.717, 1.165) is 18.7 Å². The molecule has 0 atom stereocenters. The van der Waals surface area contributed by atoms with Crippen molar-refractivity contribution in [3.8, 4) is 0 Å². The fourth-order valence-corrected chi connectivity index (χ4v) is 1.48. The molecule has 5 heteroatoms. The molecule has 0 aliphatic carbocycles. The zero-order valence-corrected chi connectivity index (χ0v) is 10.6. The third kappa shape index (κ3) is 5.60. The van der Waals surface area contributed by atoms with Crippen LogP contribution in [-0.2, 0) is 17.7 Å². The van der Waals surface area contributed by atoms with Crippen LogP contribution < -0.4 is 10.9 Å². The van der Waals surface area contributed by atoms with E-state index in [-0.39, 0.29) is 5.56 Å². The molecule has 1 rings (SSSR count). The van der Waals surface area contributed by atoms with Crippen molar-refractivity contribution in [2.24, 2.45) is 0 Å². The SMILES string of the molecule is CCCNCc1cc(=O)[nH]c(CCOCC)n1. The van der Waals surface area contributed by atoms with E-state index >= 15 is 0 Å². The summed E-state index contributed by atoms with van der Waals surface area (Å²) < 4.78 is 5.24. The number of rotatable bonds is 8. The van der Waals surface area contributed by atoms with Crippen LogP contribution in [0.15, 0.2) is 10.9 Å². The molecule has 0 aliphatic rings. The topological polar surface area (TPSA) is 67.0 Å². The van der Waals surface area contributed by atoms with Crippen molar-refractivity contribution in [2.45, 2.75) is 33.2 Å².